The number of fused-ring (bicyclic) bond motifs is 1. The maximum atomic E-state index is 12.0. The maximum Gasteiger partial charge on any atom is 0.490 e. The van der Waals surface area contributed by atoms with Gasteiger partial charge < -0.3 is 29.4 Å². The summed E-state index contributed by atoms with van der Waals surface area (Å²) in [5.74, 6) is -0.402. The highest BCUT2D eigenvalue weighted by Gasteiger charge is 2.69. The molecule has 2 aliphatic rings. The highest BCUT2D eigenvalue weighted by Crippen LogP contribution is 2.69. The van der Waals surface area contributed by atoms with Crippen LogP contribution in [0.15, 0.2) is 21.9 Å². The van der Waals surface area contributed by atoms with Gasteiger partial charge in [-0.25, -0.2) is 18.5 Å². The Hall–Kier alpha value is -0.990. The first-order chi connectivity index (χ1) is 13.7. The molecule has 0 aromatic carbocycles. The van der Waals surface area contributed by atoms with Gasteiger partial charge in [-0.05, 0) is 6.42 Å². The van der Waals surface area contributed by atoms with Crippen LogP contribution in [0.2, 0.25) is 0 Å². The molecule has 6 N–H and O–H groups in total. The maximum absolute atomic E-state index is 12.0. The van der Waals surface area contributed by atoms with Crippen molar-refractivity contribution >= 4 is 23.5 Å². The molecule has 16 nitrogen and oxygen atoms in total. The lowest BCUT2D eigenvalue weighted by Gasteiger charge is -2.24. The van der Waals surface area contributed by atoms with Crippen molar-refractivity contribution < 1.29 is 56.3 Å². The van der Waals surface area contributed by atoms with Gasteiger partial charge in [0, 0.05) is 23.6 Å². The Labute approximate surface area is 166 Å². The molecule has 1 aromatic heterocycles. The highest BCUT2D eigenvalue weighted by atomic mass is 31.3. The molecule has 2 heterocycles. The molecule has 1 saturated carbocycles. The summed E-state index contributed by atoms with van der Waals surface area (Å²) < 4.78 is 52.3. The number of aliphatic hydroxyl groups excluding tert-OH is 1. The van der Waals surface area contributed by atoms with Crippen molar-refractivity contribution in [2.75, 3.05) is 13.2 Å². The van der Waals surface area contributed by atoms with Gasteiger partial charge in [0.05, 0.1) is 19.3 Å². The number of aromatic nitrogens is 2. The van der Waals surface area contributed by atoms with E-state index in [0.717, 1.165) is 10.6 Å². The molecule has 19 heteroatoms. The van der Waals surface area contributed by atoms with Crippen LogP contribution in [0, 0.1) is 11.3 Å². The summed E-state index contributed by atoms with van der Waals surface area (Å²) >= 11 is 0. The molecule has 3 unspecified atom stereocenters. The lowest BCUT2D eigenvalue weighted by molar-refractivity contribution is -0.0677. The SMILES string of the molecule is O=c1ccn([C@@H]2O[C@H](COP(=O)(O)OP(=O)(O)OP(=O)(O)O)[C@]3(CO)CC23)c(=O)[nH]1. The van der Waals surface area contributed by atoms with Crippen molar-refractivity contribution in [2.45, 2.75) is 18.8 Å². The first-order valence-electron chi connectivity index (χ1n) is 8.04. The third-order valence-electron chi connectivity index (χ3n) is 4.69. The van der Waals surface area contributed by atoms with Gasteiger partial charge in [0.2, 0.25) is 0 Å². The number of phosphoric ester groups is 1. The van der Waals surface area contributed by atoms with E-state index in [0.29, 0.717) is 6.42 Å². The molecule has 1 aromatic rings. The van der Waals surface area contributed by atoms with Crippen molar-refractivity contribution in [2.24, 2.45) is 11.3 Å². The molecule has 0 radical (unpaired) electrons. The number of nitrogens with zero attached hydrogens (tertiary/aromatic N) is 1. The Bertz CT molecular complexity index is 1080. The van der Waals surface area contributed by atoms with Crippen LogP contribution in [0.25, 0.3) is 0 Å². The zero-order valence-corrected chi connectivity index (χ0v) is 17.4. The van der Waals surface area contributed by atoms with E-state index in [9.17, 15) is 33.3 Å². The lowest BCUT2D eigenvalue weighted by Crippen LogP contribution is -2.34. The molecule has 0 amide bonds. The van der Waals surface area contributed by atoms with E-state index in [-0.39, 0.29) is 0 Å². The molecule has 2 fully saturated rings. The first-order valence-corrected chi connectivity index (χ1v) is 12.6. The minimum Gasteiger partial charge on any atom is -0.396 e. The van der Waals surface area contributed by atoms with Crippen LogP contribution < -0.4 is 11.2 Å². The summed E-state index contributed by atoms with van der Waals surface area (Å²) in [6.07, 6.45) is -0.488. The summed E-state index contributed by atoms with van der Waals surface area (Å²) in [6.45, 7) is -1.20. The van der Waals surface area contributed by atoms with E-state index < -0.39 is 71.6 Å². The standard InChI is InChI=1S/C11H17N2O14P3/c14-5-11-3-6(11)9(13-2-1-8(15)12-10(13)16)25-7(11)4-24-29(20,21)27-30(22,23)26-28(17,18)19/h1-2,6-7,9,14H,3-5H2,(H,20,21)(H,22,23)(H,12,15,16)(H2,17,18,19)/t6?,7-,9-,11+/m1/s1. The number of H-pyrrole nitrogens is 1. The quantitative estimate of drug-likeness (QED) is 0.220. The normalized spacial score (nSPS) is 32.2. The van der Waals surface area contributed by atoms with Gasteiger partial charge in [-0.1, -0.05) is 0 Å². The van der Waals surface area contributed by atoms with E-state index in [1.54, 1.807) is 0 Å². The van der Waals surface area contributed by atoms with Gasteiger partial charge in [-0.15, -0.1) is 0 Å². The van der Waals surface area contributed by atoms with Crippen molar-refractivity contribution in [1.29, 1.82) is 0 Å². The predicted octanol–water partition coefficient (Wildman–Crippen LogP) is -1.22. The molecule has 30 heavy (non-hydrogen) atoms. The number of rotatable bonds is 9. The van der Waals surface area contributed by atoms with Crippen LogP contribution in [-0.4, -0.2) is 53.5 Å². The zero-order valence-electron chi connectivity index (χ0n) is 14.7. The van der Waals surface area contributed by atoms with Gasteiger partial charge in [0.25, 0.3) is 5.56 Å². The largest absolute Gasteiger partial charge is 0.490 e. The topological polar surface area (TPSA) is 244 Å². The van der Waals surface area contributed by atoms with E-state index in [2.05, 4.69) is 13.1 Å². The second-order valence-corrected chi connectivity index (χ2v) is 11.0. The lowest BCUT2D eigenvalue weighted by atomic mass is 10.00. The molecule has 1 saturated heterocycles. The van der Waals surface area contributed by atoms with Gasteiger partial charge in [-0.3, -0.25) is 18.9 Å². The summed E-state index contributed by atoms with van der Waals surface area (Å²) in [7, 11) is -16.6. The summed E-state index contributed by atoms with van der Waals surface area (Å²) in [5.41, 5.74) is -2.37. The highest BCUT2D eigenvalue weighted by molar-refractivity contribution is 7.66. The molecule has 1 aliphatic heterocycles. The van der Waals surface area contributed by atoms with Gasteiger partial charge in [0.15, 0.2) is 0 Å². The minimum absolute atomic E-state index is 0.337. The van der Waals surface area contributed by atoms with Crippen molar-refractivity contribution in [3.8, 4) is 0 Å². The van der Waals surface area contributed by atoms with Crippen LogP contribution in [-0.2, 0) is 31.6 Å². The summed E-state index contributed by atoms with van der Waals surface area (Å²) in [5, 5.41) is 9.72. The van der Waals surface area contributed by atoms with Crippen LogP contribution in [0.5, 0.6) is 0 Å². The fourth-order valence-electron chi connectivity index (χ4n) is 3.35. The number of nitrogens with one attached hydrogen (secondary N) is 1. The van der Waals surface area contributed by atoms with Gasteiger partial charge in [0.1, 0.15) is 6.23 Å². The third kappa shape index (κ3) is 5.07. The third-order valence-corrected chi connectivity index (χ3v) is 8.49. The van der Waals surface area contributed by atoms with E-state index >= 15 is 0 Å². The van der Waals surface area contributed by atoms with E-state index in [1.165, 1.54) is 6.20 Å². The number of hydrogen-bond donors (Lipinski definition) is 6. The Morgan fingerprint density at radius 2 is 1.83 bits per heavy atom. The Balaban J connectivity index is 1.70. The number of ether oxygens (including phenoxy) is 1. The Kier molecular flexibility index (Phi) is 6.20. The van der Waals surface area contributed by atoms with E-state index in [1.807, 2.05) is 4.98 Å². The fraction of sp³-hybridized carbons (Fsp3) is 0.636. The average Bonchev–Trinajstić information content (AvgIpc) is 3.21. The number of aliphatic hydroxyl groups is 1. The monoisotopic (exact) mass is 494 g/mol. The van der Waals surface area contributed by atoms with Crippen molar-refractivity contribution in [1.82, 2.24) is 9.55 Å². The Morgan fingerprint density at radius 1 is 1.17 bits per heavy atom. The Morgan fingerprint density at radius 3 is 2.40 bits per heavy atom. The van der Waals surface area contributed by atoms with Crippen LogP contribution in [0.1, 0.15) is 12.6 Å². The average molecular weight is 494 g/mol. The van der Waals surface area contributed by atoms with Crippen molar-refractivity contribution in [3.63, 3.8) is 0 Å². The van der Waals surface area contributed by atoms with Gasteiger partial charge >= 0.3 is 29.2 Å². The predicted molar refractivity (Wildman–Crippen MR) is 92.7 cm³/mol. The molecule has 1 aliphatic carbocycles. The number of aromatic amines is 1. The molecule has 170 valence electrons. The second-order valence-electron chi connectivity index (χ2n) is 6.62. The number of hydrogen-bond acceptors (Lipinski definition) is 10. The molecular formula is C11H17N2O14P3. The van der Waals surface area contributed by atoms with Gasteiger partial charge in [-0.2, -0.15) is 8.62 Å². The fourth-order valence-corrected chi connectivity index (χ4v) is 6.36. The molecule has 0 bridgehead atoms. The summed E-state index contributed by atoms with van der Waals surface area (Å²) in [6, 6.07) is 1.08. The minimum atomic E-state index is -5.67. The molecule has 3 rings (SSSR count). The zero-order chi connectivity index (χ0) is 22.5. The van der Waals surface area contributed by atoms with Crippen LogP contribution in [0.4, 0.5) is 0 Å². The summed E-state index contributed by atoms with van der Waals surface area (Å²) in [4.78, 5) is 60.9. The first kappa shape index (κ1) is 23.7. The molecular weight excluding hydrogens is 477 g/mol. The van der Waals surface area contributed by atoms with E-state index in [4.69, 9.17) is 19.4 Å². The molecule has 6 atom stereocenters. The number of phosphoric acid groups is 3. The molecule has 0 spiro atoms. The van der Waals surface area contributed by atoms with Crippen LogP contribution in [0.3, 0.4) is 0 Å². The van der Waals surface area contributed by atoms with Crippen LogP contribution >= 0.6 is 23.5 Å². The second kappa shape index (κ2) is 7.85. The van der Waals surface area contributed by atoms with Crippen molar-refractivity contribution in [3.05, 3.63) is 33.1 Å². The smallest absolute Gasteiger partial charge is 0.396 e.